The van der Waals surface area contributed by atoms with Crippen molar-refractivity contribution in [2.45, 2.75) is 65.3 Å². The number of anilines is 1. The number of amides is 2. The van der Waals surface area contributed by atoms with Crippen LogP contribution in [0, 0.1) is 6.92 Å². The van der Waals surface area contributed by atoms with Crippen molar-refractivity contribution in [1.29, 1.82) is 0 Å². The Morgan fingerprint density at radius 3 is 2.66 bits per heavy atom. The SMILES string of the molecule is CNc1nc([C@H]2CCCN(C(C)=O)C2)nc2c1CCN(C(=O)c1c(C(C)C)noc1C)C2. The highest BCUT2D eigenvalue weighted by Crippen LogP contribution is 2.31. The van der Waals surface area contributed by atoms with Crippen LogP contribution in [0.4, 0.5) is 5.82 Å². The molecule has 9 nitrogen and oxygen atoms in total. The van der Waals surface area contributed by atoms with Gasteiger partial charge in [-0.15, -0.1) is 0 Å². The molecular formula is C23H32N6O3. The average molecular weight is 441 g/mol. The predicted molar refractivity (Wildman–Crippen MR) is 120 cm³/mol. The monoisotopic (exact) mass is 440 g/mol. The van der Waals surface area contributed by atoms with Gasteiger partial charge < -0.3 is 19.6 Å². The van der Waals surface area contributed by atoms with E-state index >= 15 is 0 Å². The van der Waals surface area contributed by atoms with Crippen LogP contribution in [-0.4, -0.2) is 63.4 Å². The first-order valence-electron chi connectivity index (χ1n) is 11.4. The van der Waals surface area contributed by atoms with Crippen LogP contribution in [0.3, 0.4) is 0 Å². The molecule has 1 N–H and O–H groups in total. The van der Waals surface area contributed by atoms with E-state index in [4.69, 9.17) is 14.5 Å². The van der Waals surface area contributed by atoms with Gasteiger partial charge in [-0.05, 0) is 32.1 Å². The van der Waals surface area contributed by atoms with Gasteiger partial charge in [0.25, 0.3) is 5.91 Å². The summed E-state index contributed by atoms with van der Waals surface area (Å²) >= 11 is 0. The Labute approximate surface area is 188 Å². The number of carbonyl (C=O) groups excluding carboxylic acids is 2. The molecule has 4 heterocycles. The Morgan fingerprint density at radius 1 is 1.19 bits per heavy atom. The molecule has 0 aromatic carbocycles. The number of fused-ring (bicyclic) bond motifs is 1. The van der Waals surface area contributed by atoms with Crippen LogP contribution in [0.25, 0.3) is 0 Å². The summed E-state index contributed by atoms with van der Waals surface area (Å²) in [5, 5.41) is 7.32. The number of aryl methyl sites for hydroxylation is 1. The highest BCUT2D eigenvalue weighted by molar-refractivity contribution is 5.96. The molecule has 0 aliphatic carbocycles. The molecule has 2 aromatic heterocycles. The lowest BCUT2D eigenvalue weighted by Crippen LogP contribution is -2.39. The molecular weight excluding hydrogens is 408 g/mol. The maximum atomic E-state index is 13.4. The molecule has 2 aromatic rings. The van der Waals surface area contributed by atoms with E-state index in [9.17, 15) is 9.59 Å². The normalized spacial score (nSPS) is 18.6. The number of hydrogen-bond acceptors (Lipinski definition) is 7. The number of carbonyl (C=O) groups is 2. The summed E-state index contributed by atoms with van der Waals surface area (Å²) in [6.07, 6.45) is 2.57. The molecule has 0 radical (unpaired) electrons. The van der Waals surface area contributed by atoms with Gasteiger partial charge in [0, 0.05) is 45.1 Å². The van der Waals surface area contributed by atoms with Crippen molar-refractivity contribution in [3.8, 4) is 0 Å². The molecule has 32 heavy (non-hydrogen) atoms. The summed E-state index contributed by atoms with van der Waals surface area (Å²) in [7, 11) is 1.86. The topological polar surface area (TPSA) is 104 Å². The number of aromatic nitrogens is 3. The zero-order valence-electron chi connectivity index (χ0n) is 19.6. The van der Waals surface area contributed by atoms with E-state index in [0.29, 0.717) is 43.1 Å². The highest BCUT2D eigenvalue weighted by atomic mass is 16.5. The number of nitrogens with zero attached hydrogens (tertiary/aromatic N) is 5. The van der Waals surface area contributed by atoms with E-state index in [1.165, 1.54) is 0 Å². The van der Waals surface area contributed by atoms with Gasteiger partial charge in [0.1, 0.15) is 23.0 Å². The summed E-state index contributed by atoms with van der Waals surface area (Å²) in [6, 6.07) is 0. The number of rotatable bonds is 4. The second-order valence-electron chi connectivity index (χ2n) is 9.04. The number of nitrogens with one attached hydrogen (secondary N) is 1. The molecule has 2 amide bonds. The Hall–Kier alpha value is -2.97. The Balaban J connectivity index is 1.63. The fourth-order valence-electron chi connectivity index (χ4n) is 4.69. The summed E-state index contributed by atoms with van der Waals surface area (Å²) in [5.41, 5.74) is 3.20. The van der Waals surface area contributed by atoms with E-state index in [1.54, 1.807) is 13.8 Å². The molecule has 2 aliphatic heterocycles. The van der Waals surface area contributed by atoms with Crippen molar-refractivity contribution < 1.29 is 14.1 Å². The smallest absolute Gasteiger partial charge is 0.259 e. The minimum Gasteiger partial charge on any atom is -0.373 e. The average Bonchev–Trinajstić information content (AvgIpc) is 3.19. The predicted octanol–water partition coefficient (Wildman–Crippen LogP) is 2.86. The second kappa shape index (κ2) is 8.88. The molecule has 1 saturated heterocycles. The Morgan fingerprint density at radius 2 is 1.97 bits per heavy atom. The minimum atomic E-state index is -0.0651. The van der Waals surface area contributed by atoms with Crippen LogP contribution in [0.2, 0.25) is 0 Å². The third kappa shape index (κ3) is 4.08. The van der Waals surface area contributed by atoms with E-state index in [0.717, 1.165) is 42.3 Å². The molecule has 0 saturated carbocycles. The van der Waals surface area contributed by atoms with Crippen LogP contribution in [0.1, 0.15) is 84.3 Å². The maximum absolute atomic E-state index is 13.4. The fourth-order valence-corrected chi connectivity index (χ4v) is 4.69. The maximum Gasteiger partial charge on any atom is 0.259 e. The molecule has 1 atom stereocenters. The van der Waals surface area contributed by atoms with Crippen molar-refractivity contribution in [1.82, 2.24) is 24.9 Å². The van der Waals surface area contributed by atoms with Gasteiger partial charge in [-0.2, -0.15) is 0 Å². The molecule has 0 bridgehead atoms. The zero-order valence-corrected chi connectivity index (χ0v) is 19.6. The first kappa shape index (κ1) is 22.2. The van der Waals surface area contributed by atoms with Crippen LogP contribution in [0.5, 0.6) is 0 Å². The lowest BCUT2D eigenvalue weighted by Gasteiger charge is -2.33. The summed E-state index contributed by atoms with van der Waals surface area (Å²) in [6.45, 7) is 9.84. The summed E-state index contributed by atoms with van der Waals surface area (Å²) in [4.78, 5) is 38.7. The Bertz CT molecular complexity index is 1030. The van der Waals surface area contributed by atoms with Gasteiger partial charge in [0.05, 0.1) is 17.9 Å². The number of hydrogen-bond donors (Lipinski definition) is 1. The van der Waals surface area contributed by atoms with Gasteiger partial charge in [-0.25, -0.2) is 9.97 Å². The molecule has 0 unspecified atom stereocenters. The number of likely N-dealkylation sites (tertiary alicyclic amines) is 1. The third-order valence-corrected chi connectivity index (χ3v) is 6.49. The molecule has 4 rings (SSSR count). The van der Waals surface area contributed by atoms with Crippen molar-refractivity contribution >= 4 is 17.6 Å². The molecule has 172 valence electrons. The largest absolute Gasteiger partial charge is 0.373 e. The Kier molecular flexibility index (Phi) is 6.17. The zero-order chi connectivity index (χ0) is 23.0. The molecule has 0 spiro atoms. The standard InChI is InChI=1S/C23H32N6O3/c1-13(2)20-19(14(3)32-27-20)23(31)29-10-8-17-18(12-29)25-21(26-22(17)24-5)16-7-6-9-28(11-16)15(4)30/h13,16H,6-12H2,1-5H3,(H,24,25,26)/t16-/m0/s1. The second-order valence-corrected chi connectivity index (χ2v) is 9.04. The van der Waals surface area contributed by atoms with Crippen LogP contribution in [0.15, 0.2) is 4.52 Å². The van der Waals surface area contributed by atoms with Gasteiger partial charge in [-0.1, -0.05) is 19.0 Å². The van der Waals surface area contributed by atoms with Crippen LogP contribution >= 0.6 is 0 Å². The van der Waals surface area contributed by atoms with Gasteiger partial charge in [-0.3, -0.25) is 9.59 Å². The first-order chi connectivity index (χ1) is 15.3. The van der Waals surface area contributed by atoms with Gasteiger partial charge in [0.2, 0.25) is 5.91 Å². The third-order valence-electron chi connectivity index (χ3n) is 6.49. The summed E-state index contributed by atoms with van der Waals surface area (Å²) < 4.78 is 5.34. The highest BCUT2D eigenvalue weighted by Gasteiger charge is 2.32. The van der Waals surface area contributed by atoms with E-state index < -0.39 is 0 Å². The molecule has 1 fully saturated rings. The van der Waals surface area contributed by atoms with Crippen molar-refractivity contribution in [3.05, 3.63) is 34.1 Å². The van der Waals surface area contributed by atoms with Gasteiger partial charge >= 0.3 is 0 Å². The van der Waals surface area contributed by atoms with E-state index in [-0.39, 0.29) is 23.7 Å². The molecule has 2 aliphatic rings. The summed E-state index contributed by atoms with van der Waals surface area (Å²) in [5.74, 6) is 2.34. The van der Waals surface area contributed by atoms with Crippen molar-refractivity contribution in [3.63, 3.8) is 0 Å². The fraction of sp³-hybridized carbons (Fsp3) is 0.609. The molecule has 9 heteroatoms. The first-order valence-corrected chi connectivity index (χ1v) is 11.4. The quantitative estimate of drug-likeness (QED) is 0.779. The van der Waals surface area contributed by atoms with Crippen LogP contribution < -0.4 is 5.32 Å². The van der Waals surface area contributed by atoms with Crippen molar-refractivity contribution in [2.75, 3.05) is 32.0 Å². The van der Waals surface area contributed by atoms with Crippen molar-refractivity contribution in [2.24, 2.45) is 0 Å². The lowest BCUT2D eigenvalue weighted by molar-refractivity contribution is -0.130. The van der Waals surface area contributed by atoms with E-state index in [2.05, 4.69) is 10.5 Å². The van der Waals surface area contributed by atoms with E-state index in [1.807, 2.05) is 30.7 Å². The van der Waals surface area contributed by atoms with Crippen LogP contribution in [-0.2, 0) is 17.8 Å². The van der Waals surface area contributed by atoms with Gasteiger partial charge in [0.15, 0.2) is 0 Å². The number of piperidine rings is 1. The minimum absolute atomic E-state index is 0.0651. The lowest BCUT2D eigenvalue weighted by atomic mass is 9.96.